The molecule has 0 bridgehead atoms. The average molecular weight is 505 g/mol. The maximum Gasteiger partial charge on any atom is 0.310 e. The maximum atomic E-state index is 12.8. The van der Waals surface area contributed by atoms with Crippen LogP contribution in [0.25, 0.3) is 0 Å². The van der Waals surface area contributed by atoms with Crippen molar-refractivity contribution in [2.45, 2.75) is 117 Å². The van der Waals surface area contributed by atoms with Gasteiger partial charge < -0.3 is 25.5 Å². The first-order valence-electron chi connectivity index (χ1n) is 14.1. The van der Waals surface area contributed by atoms with E-state index in [0.29, 0.717) is 25.7 Å². The Morgan fingerprint density at radius 3 is 2.14 bits per heavy atom. The second kappa shape index (κ2) is 7.58. The number of carboxylic acid groups (broad SMARTS) is 1. The Bertz CT molecular complexity index is 986. The number of aliphatic carboxylic acids is 1. The van der Waals surface area contributed by atoms with E-state index in [1.165, 1.54) is 0 Å². The number of rotatable bonds is 1. The molecule has 5 N–H and O–H groups in total. The molecule has 5 aliphatic carbocycles. The van der Waals surface area contributed by atoms with Gasteiger partial charge in [-0.1, -0.05) is 53.2 Å². The first-order chi connectivity index (χ1) is 16.4. The van der Waals surface area contributed by atoms with Gasteiger partial charge in [-0.05, 0) is 85.9 Å². The van der Waals surface area contributed by atoms with Crippen LogP contribution in [0.1, 0.15) is 93.4 Å². The summed E-state index contributed by atoms with van der Waals surface area (Å²) in [5.74, 6) is -1.10. The zero-order valence-corrected chi connectivity index (χ0v) is 23.2. The highest BCUT2D eigenvalue weighted by Gasteiger charge is 2.73. The molecule has 3 unspecified atom stereocenters. The molecule has 0 radical (unpaired) electrons. The monoisotopic (exact) mass is 504 g/mol. The SMILES string of the molecule is C[C@@H]1CC[C@]2(C(=O)O)CC[C@]3(C)C(=CC[C@@H]4[C@@]5(C)C(O)C(O)C(O)C(C)(C)[C@@H]5CC[C@]43C)[C@@H]2[C@]1(C)O. The van der Waals surface area contributed by atoms with Crippen molar-refractivity contribution in [3.05, 3.63) is 11.6 Å². The zero-order chi connectivity index (χ0) is 26.9. The minimum Gasteiger partial charge on any atom is -0.481 e. The van der Waals surface area contributed by atoms with E-state index < -0.39 is 52.0 Å². The summed E-state index contributed by atoms with van der Waals surface area (Å²) in [6, 6.07) is 0. The number of fused-ring (bicyclic) bond motifs is 7. The van der Waals surface area contributed by atoms with E-state index in [1.807, 2.05) is 27.7 Å². The Labute approximate surface area is 216 Å². The van der Waals surface area contributed by atoms with Crippen LogP contribution in [0.4, 0.5) is 0 Å². The molecule has 5 aliphatic rings. The van der Waals surface area contributed by atoms with E-state index >= 15 is 0 Å². The third kappa shape index (κ3) is 2.80. The fraction of sp³-hybridized carbons (Fsp3) is 0.900. The predicted octanol–water partition coefficient (Wildman–Crippen LogP) is 4.15. The first kappa shape index (κ1) is 26.6. The third-order valence-corrected chi connectivity index (χ3v) is 13.6. The van der Waals surface area contributed by atoms with Gasteiger partial charge in [0.25, 0.3) is 0 Å². The molecule has 4 fully saturated rings. The van der Waals surface area contributed by atoms with Crippen LogP contribution in [0.5, 0.6) is 0 Å². The van der Waals surface area contributed by atoms with Crippen LogP contribution in [0.15, 0.2) is 11.6 Å². The standard InChI is InChI=1S/C30H48O6/c1-16-10-13-30(24(34)35)15-14-26(4)17(21(30)29(16,7)36)8-9-19-27(26,5)12-11-18-25(2,3)22(32)20(31)23(33)28(18,19)6/h8,16,18-23,31-33,36H,9-15H2,1-7H3,(H,34,35)/t16-,18+,19+,20?,21-,22?,23?,26-,27-,28+,29-,30+/m1/s1. The van der Waals surface area contributed by atoms with Crippen molar-refractivity contribution >= 4 is 5.97 Å². The lowest BCUT2D eigenvalue weighted by atomic mass is 9.32. The summed E-state index contributed by atoms with van der Waals surface area (Å²) in [7, 11) is 0. The lowest BCUT2D eigenvalue weighted by molar-refractivity contribution is -0.279. The minimum atomic E-state index is -1.20. The molecule has 0 aromatic carbocycles. The molecular formula is C30H48O6. The van der Waals surface area contributed by atoms with Crippen LogP contribution in [0, 0.1) is 50.7 Å². The molecule has 204 valence electrons. The Hall–Kier alpha value is -0.950. The van der Waals surface area contributed by atoms with Gasteiger partial charge in [-0.3, -0.25) is 4.79 Å². The van der Waals surface area contributed by atoms with Crippen LogP contribution in [-0.2, 0) is 4.79 Å². The number of aliphatic hydroxyl groups excluding tert-OH is 3. The summed E-state index contributed by atoms with van der Waals surface area (Å²) < 4.78 is 0. The quantitative estimate of drug-likeness (QED) is 0.343. The van der Waals surface area contributed by atoms with E-state index in [1.54, 1.807) is 0 Å². The molecule has 0 aromatic rings. The summed E-state index contributed by atoms with van der Waals surface area (Å²) in [6.07, 6.45) is 4.02. The van der Waals surface area contributed by atoms with Gasteiger partial charge in [-0.2, -0.15) is 0 Å². The number of aliphatic hydroxyl groups is 4. The van der Waals surface area contributed by atoms with E-state index in [0.717, 1.165) is 24.8 Å². The van der Waals surface area contributed by atoms with Gasteiger partial charge in [0.2, 0.25) is 0 Å². The molecule has 0 heterocycles. The highest BCUT2D eigenvalue weighted by Crippen LogP contribution is 2.76. The van der Waals surface area contributed by atoms with Crippen LogP contribution < -0.4 is 0 Å². The van der Waals surface area contributed by atoms with Crippen LogP contribution in [-0.4, -0.2) is 55.4 Å². The summed E-state index contributed by atoms with van der Waals surface area (Å²) in [4.78, 5) is 12.8. The van der Waals surface area contributed by atoms with E-state index in [-0.39, 0.29) is 28.6 Å². The molecule has 0 saturated heterocycles. The summed E-state index contributed by atoms with van der Waals surface area (Å²) >= 11 is 0. The maximum absolute atomic E-state index is 12.8. The number of carbonyl (C=O) groups is 1. The number of hydrogen-bond acceptors (Lipinski definition) is 5. The highest BCUT2D eigenvalue weighted by atomic mass is 16.4. The second-order valence-electron chi connectivity index (χ2n) is 14.9. The molecule has 5 rings (SSSR count). The van der Waals surface area contributed by atoms with Gasteiger partial charge in [-0.15, -0.1) is 0 Å². The molecule has 6 heteroatoms. The van der Waals surface area contributed by atoms with E-state index in [9.17, 15) is 30.3 Å². The highest BCUT2D eigenvalue weighted by molar-refractivity contribution is 5.77. The van der Waals surface area contributed by atoms with Gasteiger partial charge in [0, 0.05) is 11.3 Å². The van der Waals surface area contributed by atoms with Gasteiger partial charge in [0.15, 0.2) is 0 Å². The van der Waals surface area contributed by atoms with Crippen molar-refractivity contribution in [3.8, 4) is 0 Å². The third-order valence-electron chi connectivity index (χ3n) is 13.6. The van der Waals surface area contributed by atoms with Crippen molar-refractivity contribution in [3.63, 3.8) is 0 Å². The molecule has 12 atom stereocenters. The van der Waals surface area contributed by atoms with Crippen LogP contribution in [0.2, 0.25) is 0 Å². The molecule has 0 aliphatic heterocycles. The fourth-order valence-corrected chi connectivity index (χ4v) is 10.9. The van der Waals surface area contributed by atoms with Crippen LogP contribution in [0.3, 0.4) is 0 Å². The van der Waals surface area contributed by atoms with Crippen molar-refractivity contribution in [1.82, 2.24) is 0 Å². The number of hydrogen-bond donors (Lipinski definition) is 5. The normalized spacial score (nSPS) is 58.0. The minimum absolute atomic E-state index is 0.00890. The molecule has 0 spiro atoms. The molecular weight excluding hydrogens is 456 g/mol. The molecule has 0 aromatic heterocycles. The van der Waals surface area contributed by atoms with Gasteiger partial charge in [0.1, 0.15) is 6.10 Å². The van der Waals surface area contributed by atoms with Crippen molar-refractivity contribution in [2.75, 3.05) is 0 Å². The van der Waals surface area contributed by atoms with Crippen molar-refractivity contribution in [2.24, 2.45) is 50.7 Å². The Morgan fingerprint density at radius 1 is 0.889 bits per heavy atom. The molecule has 6 nitrogen and oxygen atoms in total. The molecule has 36 heavy (non-hydrogen) atoms. The number of allylic oxidation sites excluding steroid dienone is 1. The lowest BCUT2D eigenvalue weighted by Crippen LogP contribution is -2.72. The predicted molar refractivity (Wildman–Crippen MR) is 137 cm³/mol. The first-order valence-corrected chi connectivity index (χ1v) is 14.1. The fourth-order valence-electron chi connectivity index (χ4n) is 10.9. The summed E-state index contributed by atoms with van der Waals surface area (Å²) in [5.41, 5.74) is -2.63. The van der Waals surface area contributed by atoms with Crippen LogP contribution >= 0.6 is 0 Å². The smallest absolute Gasteiger partial charge is 0.310 e. The van der Waals surface area contributed by atoms with Gasteiger partial charge in [0.05, 0.1) is 23.2 Å². The van der Waals surface area contributed by atoms with Gasteiger partial charge in [-0.25, -0.2) is 0 Å². The molecule has 0 amide bonds. The summed E-state index contributed by atoms with van der Waals surface area (Å²) in [5, 5.41) is 55.9. The second-order valence-corrected chi connectivity index (χ2v) is 14.9. The lowest BCUT2D eigenvalue weighted by Gasteiger charge is -2.72. The largest absolute Gasteiger partial charge is 0.481 e. The Morgan fingerprint density at radius 2 is 1.53 bits per heavy atom. The van der Waals surface area contributed by atoms with Crippen molar-refractivity contribution < 1.29 is 30.3 Å². The zero-order valence-electron chi connectivity index (χ0n) is 23.2. The average Bonchev–Trinajstić information content (AvgIpc) is 2.79. The Balaban J connectivity index is 1.67. The topological polar surface area (TPSA) is 118 Å². The van der Waals surface area contributed by atoms with E-state index in [2.05, 4.69) is 26.8 Å². The van der Waals surface area contributed by atoms with E-state index in [4.69, 9.17) is 0 Å². The molecule has 4 saturated carbocycles. The Kier molecular flexibility index (Phi) is 5.61. The number of carboxylic acids is 1. The van der Waals surface area contributed by atoms with Crippen molar-refractivity contribution in [1.29, 1.82) is 0 Å². The summed E-state index contributed by atoms with van der Waals surface area (Å²) in [6.45, 7) is 14.7. The van der Waals surface area contributed by atoms with Gasteiger partial charge >= 0.3 is 5.97 Å².